The molecule has 1 aliphatic carbocycles. The van der Waals surface area contributed by atoms with Crippen molar-refractivity contribution in [2.75, 3.05) is 0 Å². The van der Waals surface area contributed by atoms with Gasteiger partial charge in [0.2, 0.25) is 10.0 Å². The fraction of sp³-hybridized carbons (Fsp3) is 1.00. The van der Waals surface area contributed by atoms with E-state index in [1.165, 1.54) is 6.42 Å². The summed E-state index contributed by atoms with van der Waals surface area (Å²) in [7, 11) is -2.93. The summed E-state index contributed by atoms with van der Waals surface area (Å²) in [5, 5.41) is -0.247. The van der Waals surface area contributed by atoms with Gasteiger partial charge < -0.3 is 0 Å². The second-order valence-electron chi connectivity index (χ2n) is 3.99. The Morgan fingerprint density at radius 1 is 1.25 bits per heavy atom. The van der Waals surface area contributed by atoms with Gasteiger partial charge in [0.25, 0.3) is 0 Å². The third kappa shape index (κ3) is 1.01. The highest BCUT2D eigenvalue weighted by atomic mass is 32.2. The maximum Gasteiger partial charge on any atom is 0.217 e. The molecule has 2 rings (SSSR count). The summed E-state index contributed by atoms with van der Waals surface area (Å²) in [6.07, 6.45) is 3.37. The molecule has 0 N–H and O–H groups in total. The third-order valence-electron chi connectivity index (χ3n) is 2.90. The van der Waals surface area contributed by atoms with Crippen LogP contribution in [0.25, 0.3) is 0 Å². The largest absolute Gasteiger partial charge is 0.217 e. The molecule has 70 valence electrons. The van der Waals surface area contributed by atoms with E-state index in [0.717, 1.165) is 12.8 Å². The average molecular weight is 189 g/mol. The number of hydrogen-bond acceptors (Lipinski definition) is 2. The summed E-state index contributed by atoms with van der Waals surface area (Å²) in [6, 6.07) is 0.745. The van der Waals surface area contributed by atoms with Crippen LogP contribution < -0.4 is 0 Å². The van der Waals surface area contributed by atoms with Crippen molar-refractivity contribution in [3.05, 3.63) is 0 Å². The Morgan fingerprint density at radius 3 is 2.17 bits per heavy atom. The summed E-state index contributed by atoms with van der Waals surface area (Å²) in [5.74, 6) is 0. The van der Waals surface area contributed by atoms with Gasteiger partial charge in [-0.15, -0.1) is 0 Å². The van der Waals surface area contributed by atoms with E-state index >= 15 is 0 Å². The smallest absolute Gasteiger partial charge is 0.212 e. The van der Waals surface area contributed by atoms with Gasteiger partial charge >= 0.3 is 0 Å². The topological polar surface area (TPSA) is 37.1 Å². The Balaban J connectivity index is 2.14. The number of piperidine rings is 1. The summed E-state index contributed by atoms with van der Waals surface area (Å²) in [4.78, 5) is 0. The molecule has 0 aromatic carbocycles. The molecule has 0 amide bonds. The molecule has 0 bridgehead atoms. The molecule has 2 fully saturated rings. The molecule has 12 heavy (non-hydrogen) atoms. The van der Waals surface area contributed by atoms with E-state index in [4.69, 9.17) is 0 Å². The molecule has 0 unspecified atom stereocenters. The minimum Gasteiger partial charge on any atom is -0.212 e. The average Bonchev–Trinajstić information content (AvgIpc) is 2.48. The van der Waals surface area contributed by atoms with Crippen LogP contribution in [0.3, 0.4) is 0 Å². The van der Waals surface area contributed by atoms with Crippen LogP contribution in [0, 0.1) is 0 Å². The van der Waals surface area contributed by atoms with Gasteiger partial charge in [-0.1, -0.05) is 6.42 Å². The first-order valence-corrected chi connectivity index (χ1v) is 6.08. The molecule has 0 radical (unpaired) electrons. The lowest BCUT2D eigenvalue weighted by Crippen LogP contribution is -2.25. The fourth-order valence-corrected chi connectivity index (χ4v) is 3.78. The maximum absolute atomic E-state index is 11.6. The molecule has 0 aromatic heterocycles. The molecule has 1 heterocycles. The highest BCUT2D eigenvalue weighted by Gasteiger charge is 2.57. The number of fused-ring (bicyclic) bond motifs is 1. The molecule has 4 heteroatoms. The van der Waals surface area contributed by atoms with Crippen molar-refractivity contribution in [3.8, 4) is 0 Å². The van der Waals surface area contributed by atoms with Gasteiger partial charge in [0.05, 0.1) is 5.25 Å². The van der Waals surface area contributed by atoms with Gasteiger partial charge in [-0.3, -0.25) is 0 Å². The highest BCUT2D eigenvalue weighted by Crippen LogP contribution is 2.45. The lowest BCUT2D eigenvalue weighted by Gasteiger charge is -2.11. The summed E-state index contributed by atoms with van der Waals surface area (Å²) in [6.45, 7) is 3.51. The van der Waals surface area contributed by atoms with E-state index in [-0.39, 0.29) is 5.25 Å². The van der Waals surface area contributed by atoms with E-state index in [2.05, 4.69) is 0 Å². The Kier molecular flexibility index (Phi) is 1.74. The summed E-state index contributed by atoms with van der Waals surface area (Å²) < 4.78 is 25.0. The molecule has 1 aliphatic heterocycles. The number of rotatable bonds is 2. The van der Waals surface area contributed by atoms with Crippen LogP contribution >= 0.6 is 0 Å². The molecule has 3 nitrogen and oxygen atoms in total. The zero-order valence-corrected chi connectivity index (χ0v) is 8.34. The van der Waals surface area contributed by atoms with Crippen LogP contribution in [0.1, 0.15) is 33.1 Å². The van der Waals surface area contributed by atoms with Crippen molar-refractivity contribution < 1.29 is 8.42 Å². The Hall–Kier alpha value is -0.0900. The molecule has 2 atom stereocenters. The van der Waals surface area contributed by atoms with Gasteiger partial charge in [-0.2, -0.15) is 4.31 Å². The fourth-order valence-electron chi connectivity index (χ4n) is 2.11. The van der Waals surface area contributed by atoms with Crippen molar-refractivity contribution in [3.63, 3.8) is 0 Å². The van der Waals surface area contributed by atoms with Gasteiger partial charge in [0, 0.05) is 12.1 Å². The number of nitrogens with zero attached hydrogens (tertiary/aromatic N) is 1. The van der Waals surface area contributed by atoms with Gasteiger partial charge in [-0.05, 0) is 26.7 Å². The molecular weight excluding hydrogens is 174 g/mol. The zero-order chi connectivity index (χ0) is 8.93. The first-order valence-electron chi connectivity index (χ1n) is 4.57. The van der Waals surface area contributed by atoms with Crippen molar-refractivity contribution >= 4 is 10.0 Å². The zero-order valence-electron chi connectivity index (χ0n) is 7.53. The molecule has 0 spiro atoms. The van der Waals surface area contributed by atoms with Crippen LogP contribution in [0.2, 0.25) is 0 Å². The molecule has 2 aliphatic rings. The first-order chi connectivity index (χ1) is 5.55. The Bertz CT molecular complexity index is 273. The van der Waals surface area contributed by atoms with Crippen molar-refractivity contribution in [2.24, 2.45) is 0 Å². The lowest BCUT2D eigenvalue weighted by atomic mass is 10.3. The Morgan fingerprint density at radius 2 is 1.75 bits per heavy atom. The van der Waals surface area contributed by atoms with Crippen molar-refractivity contribution in [2.45, 2.75) is 50.4 Å². The minimum absolute atomic E-state index is 0.247. The second-order valence-corrected chi connectivity index (χ2v) is 6.38. The molecule has 1 saturated carbocycles. The first kappa shape index (κ1) is 8.51. The van der Waals surface area contributed by atoms with Gasteiger partial charge in [-0.25, -0.2) is 8.42 Å². The van der Waals surface area contributed by atoms with E-state index in [1.807, 2.05) is 0 Å². The SMILES string of the molecule is CC(C)S(=O)(=O)N1[C@H]2CCC[C@@H]21. The van der Waals surface area contributed by atoms with E-state index in [9.17, 15) is 8.42 Å². The minimum atomic E-state index is -2.93. The molecule has 0 aromatic rings. The van der Waals surface area contributed by atoms with Gasteiger partial charge in [0.15, 0.2) is 0 Å². The predicted molar refractivity (Wildman–Crippen MR) is 47.3 cm³/mol. The monoisotopic (exact) mass is 189 g/mol. The normalized spacial score (nSPS) is 40.1. The quantitative estimate of drug-likeness (QED) is 0.607. The maximum atomic E-state index is 11.6. The van der Waals surface area contributed by atoms with Crippen LogP contribution in [-0.2, 0) is 10.0 Å². The summed E-state index contributed by atoms with van der Waals surface area (Å²) >= 11 is 0. The van der Waals surface area contributed by atoms with Crippen LogP contribution in [0.4, 0.5) is 0 Å². The van der Waals surface area contributed by atoms with E-state index in [1.54, 1.807) is 18.2 Å². The number of hydrogen-bond donors (Lipinski definition) is 0. The molecular formula is C8H15NO2S. The number of sulfonamides is 1. The van der Waals surface area contributed by atoms with Crippen LogP contribution in [0.5, 0.6) is 0 Å². The standard InChI is InChI=1S/C8H15NO2S/c1-6(2)12(10,11)9-7-4-3-5-8(7)9/h6-8H,3-5H2,1-2H3/t7-,8-/m0/s1. The van der Waals surface area contributed by atoms with Crippen molar-refractivity contribution in [1.82, 2.24) is 4.31 Å². The van der Waals surface area contributed by atoms with Gasteiger partial charge in [0.1, 0.15) is 0 Å². The van der Waals surface area contributed by atoms with E-state index in [0.29, 0.717) is 12.1 Å². The summed E-state index contributed by atoms with van der Waals surface area (Å²) in [5.41, 5.74) is 0. The third-order valence-corrected chi connectivity index (χ3v) is 5.22. The van der Waals surface area contributed by atoms with Crippen LogP contribution in [0.15, 0.2) is 0 Å². The highest BCUT2D eigenvalue weighted by molar-refractivity contribution is 7.90. The lowest BCUT2D eigenvalue weighted by molar-refractivity contribution is 0.509. The van der Waals surface area contributed by atoms with Crippen molar-refractivity contribution in [1.29, 1.82) is 0 Å². The Labute approximate surface area is 73.8 Å². The second kappa shape index (κ2) is 2.45. The molecule has 1 saturated heterocycles. The predicted octanol–water partition coefficient (Wildman–Crippen LogP) is 0.961. The van der Waals surface area contributed by atoms with Crippen LogP contribution in [-0.4, -0.2) is 30.1 Å². The van der Waals surface area contributed by atoms with E-state index < -0.39 is 10.0 Å².